The first-order valence-electron chi connectivity index (χ1n) is 7.14. The van der Waals surface area contributed by atoms with Crippen LogP contribution in [0.4, 0.5) is 5.69 Å². The van der Waals surface area contributed by atoms with Crippen LogP contribution in [-0.2, 0) is 0 Å². The molecule has 2 heterocycles. The van der Waals surface area contributed by atoms with Gasteiger partial charge in [0.1, 0.15) is 5.75 Å². The molecule has 4 heteroatoms. The molecule has 2 aliphatic heterocycles. The summed E-state index contributed by atoms with van der Waals surface area (Å²) >= 11 is 0. The van der Waals surface area contributed by atoms with Gasteiger partial charge >= 0.3 is 0 Å². The molecule has 0 spiro atoms. The van der Waals surface area contributed by atoms with E-state index in [0.29, 0.717) is 12.6 Å². The summed E-state index contributed by atoms with van der Waals surface area (Å²) in [4.78, 5) is 2.58. The van der Waals surface area contributed by atoms with Gasteiger partial charge in [-0.05, 0) is 37.9 Å². The smallest absolute Gasteiger partial charge is 0.120 e. The number of benzene rings is 1. The number of hydrogen-bond acceptors (Lipinski definition) is 4. The van der Waals surface area contributed by atoms with Crippen LogP contribution >= 0.6 is 0 Å². The molecule has 0 saturated carbocycles. The van der Waals surface area contributed by atoms with Crippen LogP contribution in [0.5, 0.6) is 5.75 Å². The Balaban J connectivity index is 1.82. The Morgan fingerprint density at radius 3 is 3.16 bits per heavy atom. The fraction of sp³-hybridized carbons (Fsp3) is 0.600. The lowest BCUT2D eigenvalue weighted by atomic mass is 9.88. The zero-order valence-electron chi connectivity index (χ0n) is 11.6. The van der Waals surface area contributed by atoms with Gasteiger partial charge in [0.15, 0.2) is 0 Å². The predicted molar refractivity (Wildman–Crippen MR) is 77.6 cm³/mol. The Morgan fingerprint density at radius 1 is 1.47 bits per heavy atom. The number of nitrogens with one attached hydrogen (secondary N) is 1. The molecule has 4 nitrogen and oxygen atoms in total. The topological polar surface area (TPSA) is 50.5 Å². The van der Waals surface area contributed by atoms with Crippen LogP contribution in [0, 0.1) is 0 Å². The van der Waals surface area contributed by atoms with Crippen LogP contribution in [0.3, 0.4) is 0 Å². The van der Waals surface area contributed by atoms with E-state index >= 15 is 0 Å². The zero-order chi connectivity index (χ0) is 13.3. The van der Waals surface area contributed by atoms with E-state index < -0.39 is 0 Å². The SMILES string of the molecule is COc1cccc(NC2(CN)CCN3CCCC32)c1. The highest BCUT2D eigenvalue weighted by Gasteiger charge is 2.48. The fourth-order valence-corrected chi connectivity index (χ4v) is 3.65. The van der Waals surface area contributed by atoms with E-state index in [-0.39, 0.29) is 5.54 Å². The number of fused-ring (bicyclic) bond motifs is 1. The van der Waals surface area contributed by atoms with Crippen LogP contribution < -0.4 is 15.8 Å². The molecule has 0 aliphatic carbocycles. The Hall–Kier alpha value is -1.26. The monoisotopic (exact) mass is 261 g/mol. The third kappa shape index (κ3) is 2.19. The summed E-state index contributed by atoms with van der Waals surface area (Å²) in [5, 5.41) is 3.70. The average molecular weight is 261 g/mol. The number of nitrogens with zero attached hydrogens (tertiary/aromatic N) is 1. The summed E-state index contributed by atoms with van der Waals surface area (Å²) in [7, 11) is 1.70. The Kier molecular flexibility index (Phi) is 3.37. The first-order chi connectivity index (χ1) is 9.27. The van der Waals surface area contributed by atoms with Gasteiger partial charge in [-0.3, -0.25) is 4.90 Å². The molecule has 2 fully saturated rings. The molecule has 1 aromatic rings. The van der Waals surface area contributed by atoms with Crippen LogP contribution in [0.25, 0.3) is 0 Å². The number of methoxy groups -OCH3 is 1. The van der Waals surface area contributed by atoms with Gasteiger partial charge in [0.2, 0.25) is 0 Å². The number of rotatable bonds is 4. The normalized spacial score (nSPS) is 30.3. The Bertz CT molecular complexity index is 451. The molecule has 2 saturated heterocycles. The molecule has 104 valence electrons. The molecule has 0 aromatic heterocycles. The molecule has 1 aromatic carbocycles. The van der Waals surface area contributed by atoms with Crippen LogP contribution in [0.1, 0.15) is 19.3 Å². The van der Waals surface area contributed by atoms with E-state index in [4.69, 9.17) is 10.5 Å². The minimum Gasteiger partial charge on any atom is -0.497 e. The van der Waals surface area contributed by atoms with E-state index in [1.54, 1.807) is 7.11 Å². The number of hydrogen-bond donors (Lipinski definition) is 2. The van der Waals surface area contributed by atoms with Crippen molar-refractivity contribution in [1.29, 1.82) is 0 Å². The lowest BCUT2D eigenvalue weighted by molar-refractivity contribution is 0.280. The number of ether oxygens (including phenoxy) is 1. The Morgan fingerprint density at radius 2 is 2.37 bits per heavy atom. The van der Waals surface area contributed by atoms with E-state index in [1.165, 1.54) is 25.9 Å². The van der Waals surface area contributed by atoms with Crippen molar-refractivity contribution in [3.63, 3.8) is 0 Å². The lowest BCUT2D eigenvalue weighted by Gasteiger charge is -2.36. The first kappa shape index (κ1) is 12.8. The maximum atomic E-state index is 6.12. The van der Waals surface area contributed by atoms with Crippen molar-refractivity contribution < 1.29 is 4.74 Å². The fourth-order valence-electron chi connectivity index (χ4n) is 3.65. The molecule has 0 radical (unpaired) electrons. The summed E-state index contributed by atoms with van der Waals surface area (Å²) in [5.41, 5.74) is 7.26. The van der Waals surface area contributed by atoms with Gasteiger partial charge in [0.25, 0.3) is 0 Å². The molecular formula is C15H23N3O. The van der Waals surface area contributed by atoms with Crippen molar-refractivity contribution in [2.75, 3.05) is 32.1 Å². The standard InChI is InChI=1S/C15H23N3O/c1-19-13-5-2-4-12(10-13)17-15(11-16)7-9-18-8-3-6-14(15)18/h2,4-5,10,14,17H,3,6-9,11,16H2,1H3. The zero-order valence-corrected chi connectivity index (χ0v) is 11.6. The molecule has 0 bridgehead atoms. The van der Waals surface area contributed by atoms with Crippen molar-refractivity contribution in [3.8, 4) is 5.75 Å². The maximum Gasteiger partial charge on any atom is 0.120 e. The molecule has 2 unspecified atom stereocenters. The summed E-state index contributed by atoms with van der Waals surface area (Å²) < 4.78 is 5.29. The van der Waals surface area contributed by atoms with Crippen LogP contribution in [0.2, 0.25) is 0 Å². The summed E-state index contributed by atoms with van der Waals surface area (Å²) in [6.45, 7) is 3.08. The van der Waals surface area contributed by atoms with Gasteiger partial charge in [0.05, 0.1) is 12.6 Å². The lowest BCUT2D eigenvalue weighted by Crippen LogP contribution is -2.53. The van der Waals surface area contributed by atoms with Gasteiger partial charge < -0.3 is 15.8 Å². The minimum absolute atomic E-state index is 0.0306. The quantitative estimate of drug-likeness (QED) is 0.865. The maximum absolute atomic E-state index is 6.12. The highest BCUT2D eigenvalue weighted by Crippen LogP contribution is 2.38. The molecule has 3 rings (SSSR count). The summed E-state index contributed by atoms with van der Waals surface area (Å²) in [5.74, 6) is 0.887. The molecule has 2 aliphatic rings. The van der Waals surface area contributed by atoms with Crippen LogP contribution in [0.15, 0.2) is 24.3 Å². The number of nitrogens with two attached hydrogens (primary N) is 1. The molecule has 19 heavy (non-hydrogen) atoms. The summed E-state index contributed by atoms with van der Waals surface area (Å²) in [6.07, 6.45) is 3.69. The average Bonchev–Trinajstić information content (AvgIpc) is 3.03. The molecular weight excluding hydrogens is 238 g/mol. The van der Waals surface area contributed by atoms with Crippen molar-refractivity contribution in [2.24, 2.45) is 5.73 Å². The summed E-state index contributed by atoms with van der Waals surface area (Å²) in [6, 6.07) is 8.72. The van der Waals surface area contributed by atoms with Crippen LogP contribution in [-0.4, -0.2) is 43.2 Å². The second-order valence-corrected chi connectivity index (χ2v) is 5.66. The van der Waals surface area contributed by atoms with Crippen molar-refractivity contribution >= 4 is 5.69 Å². The third-order valence-electron chi connectivity index (χ3n) is 4.67. The van der Waals surface area contributed by atoms with Gasteiger partial charge in [-0.2, -0.15) is 0 Å². The highest BCUT2D eigenvalue weighted by atomic mass is 16.5. The second-order valence-electron chi connectivity index (χ2n) is 5.66. The predicted octanol–water partition coefficient (Wildman–Crippen LogP) is 1.67. The highest BCUT2D eigenvalue weighted by molar-refractivity contribution is 5.51. The van der Waals surface area contributed by atoms with E-state index in [1.807, 2.05) is 12.1 Å². The second kappa shape index (κ2) is 5.02. The van der Waals surface area contributed by atoms with Gasteiger partial charge in [0, 0.05) is 30.9 Å². The van der Waals surface area contributed by atoms with Gasteiger partial charge in [-0.15, -0.1) is 0 Å². The van der Waals surface area contributed by atoms with Crippen molar-refractivity contribution in [1.82, 2.24) is 4.90 Å². The van der Waals surface area contributed by atoms with E-state index in [9.17, 15) is 0 Å². The third-order valence-corrected chi connectivity index (χ3v) is 4.67. The largest absolute Gasteiger partial charge is 0.497 e. The van der Waals surface area contributed by atoms with Gasteiger partial charge in [-0.1, -0.05) is 6.07 Å². The first-order valence-corrected chi connectivity index (χ1v) is 7.14. The minimum atomic E-state index is 0.0306. The molecule has 2 atom stereocenters. The van der Waals surface area contributed by atoms with Crippen molar-refractivity contribution in [3.05, 3.63) is 24.3 Å². The van der Waals surface area contributed by atoms with Gasteiger partial charge in [-0.25, -0.2) is 0 Å². The van der Waals surface area contributed by atoms with E-state index in [2.05, 4.69) is 22.3 Å². The van der Waals surface area contributed by atoms with Crippen molar-refractivity contribution in [2.45, 2.75) is 30.8 Å². The molecule has 0 amide bonds. The molecule has 3 N–H and O–H groups in total. The number of anilines is 1. The van der Waals surface area contributed by atoms with E-state index in [0.717, 1.165) is 17.9 Å². The Labute approximate surface area is 114 Å².